The van der Waals surface area contributed by atoms with E-state index in [4.69, 9.17) is 5.84 Å². The number of piperidine rings is 1. The third-order valence-corrected chi connectivity index (χ3v) is 2.99. The van der Waals surface area contributed by atoms with Crippen molar-refractivity contribution in [2.45, 2.75) is 18.9 Å². The number of amides is 3. The van der Waals surface area contributed by atoms with Gasteiger partial charge < -0.3 is 10.2 Å². The lowest BCUT2D eigenvalue weighted by molar-refractivity contribution is -0.123. The number of hydrogen-bond acceptors (Lipinski definition) is 3. The predicted molar refractivity (Wildman–Crippen MR) is 48.9 cm³/mol. The summed E-state index contributed by atoms with van der Waals surface area (Å²) in [7, 11) is 0. The van der Waals surface area contributed by atoms with Crippen LogP contribution in [0.1, 0.15) is 12.8 Å². The summed E-state index contributed by atoms with van der Waals surface area (Å²) in [5.41, 5.74) is 2.11. The number of rotatable bonds is 0. The first-order valence-corrected chi connectivity index (χ1v) is 4.79. The first-order valence-electron chi connectivity index (χ1n) is 4.79. The number of hydrogen-bond donors (Lipinski definition) is 3. The van der Waals surface area contributed by atoms with Gasteiger partial charge in [0.2, 0.25) is 5.91 Å². The van der Waals surface area contributed by atoms with E-state index in [9.17, 15) is 9.59 Å². The maximum absolute atomic E-state index is 11.4. The third kappa shape index (κ3) is 1.31. The second-order valence-electron chi connectivity index (χ2n) is 3.70. The number of urea groups is 1. The van der Waals surface area contributed by atoms with Gasteiger partial charge in [-0.25, -0.2) is 10.6 Å². The van der Waals surface area contributed by atoms with Gasteiger partial charge >= 0.3 is 6.03 Å². The zero-order chi connectivity index (χ0) is 10.1. The van der Waals surface area contributed by atoms with Gasteiger partial charge in [-0.15, -0.1) is 0 Å². The van der Waals surface area contributed by atoms with Crippen molar-refractivity contribution in [3.05, 3.63) is 0 Å². The molecule has 0 aromatic rings. The van der Waals surface area contributed by atoms with Gasteiger partial charge in [-0.3, -0.25) is 10.2 Å². The molecule has 0 radical (unpaired) electrons. The Kier molecular flexibility index (Phi) is 2.28. The lowest BCUT2D eigenvalue weighted by atomic mass is 9.92. The molecule has 2 atom stereocenters. The summed E-state index contributed by atoms with van der Waals surface area (Å²) in [6, 6.07) is -0.309. The van der Waals surface area contributed by atoms with Crippen LogP contribution in [0.5, 0.6) is 0 Å². The van der Waals surface area contributed by atoms with Gasteiger partial charge in [0.15, 0.2) is 0 Å². The lowest BCUT2D eigenvalue weighted by Crippen LogP contribution is -2.53. The summed E-state index contributed by atoms with van der Waals surface area (Å²) >= 11 is 0. The van der Waals surface area contributed by atoms with Gasteiger partial charge in [-0.2, -0.15) is 0 Å². The Morgan fingerprint density at radius 1 is 1.64 bits per heavy atom. The molecule has 2 aliphatic rings. The van der Waals surface area contributed by atoms with Crippen LogP contribution >= 0.6 is 0 Å². The second-order valence-corrected chi connectivity index (χ2v) is 3.70. The molecule has 6 nitrogen and oxygen atoms in total. The highest BCUT2D eigenvalue weighted by atomic mass is 16.2. The van der Waals surface area contributed by atoms with Crippen molar-refractivity contribution in [1.29, 1.82) is 0 Å². The minimum absolute atomic E-state index is 0.0141. The minimum Gasteiger partial charge on any atom is -0.354 e. The highest BCUT2D eigenvalue weighted by Crippen LogP contribution is 2.26. The topological polar surface area (TPSA) is 87.5 Å². The fraction of sp³-hybridized carbons (Fsp3) is 0.750. The van der Waals surface area contributed by atoms with Crippen molar-refractivity contribution in [3.63, 3.8) is 0 Å². The normalized spacial score (nSPS) is 30.9. The summed E-state index contributed by atoms with van der Waals surface area (Å²) in [5, 5.41) is 2.77. The maximum Gasteiger partial charge on any atom is 0.331 e. The summed E-state index contributed by atoms with van der Waals surface area (Å²) in [6.07, 6.45) is 1.73. The molecule has 2 unspecified atom stereocenters. The molecule has 0 aromatic carbocycles. The van der Waals surface area contributed by atoms with Crippen LogP contribution in [0, 0.1) is 5.92 Å². The second kappa shape index (κ2) is 3.45. The van der Waals surface area contributed by atoms with Gasteiger partial charge in [0.05, 0.1) is 12.0 Å². The number of nitrogens with one attached hydrogen (secondary N) is 2. The molecule has 6 heteroatoms. The van der Waals surface area contributed by atoms with Crippen LogP contribution in [0.3, 0.4) is 0 Å². The molecular weight excluding hydrogens is 184 g/mol. The Balaban J connectivity index is 2.12. The Morgan fingerprint density at radius 2 is 2.43 bits per heavy atom. The lowest BCUT2D eigenvalue weighted by Gasteiger charge is -2.35. The summed E-state index contributed by atoms with van der Waals surface area (Å²) in [5.74, 6) is 5.09. The SMILES string of the molecule is NNC(=O)N1CCCC2C(=O)NCC21. The highest BCUT2D eigenvalue weighted by Gasteiger charge is 2.42. The Labute approximate surface area is 81.8 Å². The van der Waals surface area contributed by atoms with Crippen molar-refractivity contribution in [2.24, 2.45) is 11.8 Å². The third-order valence-electron chi connectivity index (χ3n) is 2.99. The number of hydrazine groups is 1. The highest BCUT2D eigenvalue weighted by molar-refractivity contribution is 5.84. The smallest absolute Gasteiger partial charge is 0.331 e. The molecule has 2 rings (SSSR count). The van der Waals surface area contributed by atoms with E-state index in [1.165, 1.54) is 0 Å². The Morgan fingerprint density at radius 3 is 3.14 bits per heavy atom. The molecule has 14 heavy (non-hydrogen) atoms. The number of carbonyl (C=O) groups is 2. The average molecular weight is 198 g/mol. The van der Waals surface area contributed by atoms with Crippen molar-refractivity contribution in [2.75, 3.05) is 13.1 Å². The minimum atomic E-state index is -0.295. The quantitative estimate of drug-likeness (QED) is 0.259. The fourth-order valence-corrected chi connectivity index (χ4v) is 2.29. The first-order chi connectivity index (χ1) is 6.74. The van der Waals surface area contributed by atoms with Gasteiger partial charge in [-0.1, -0.05) is 0 Å². The average Bonchev–Trinajstić information content (AvgIpc) is 2.59. The molecule has 0 aliphatic carbocycles. The largest absolute Gasteiger partial charge is 0.354 e. The molecule has 4 N–H and O–H groups in total. The Hall–Kier alpha value is -1.30. The van der Waals surface area contributed by atoms with Gasteiger partial charge in [0.25, 0.3) is 0 Å². The number of fused-ring (bicyclic) bond motifs is 1. The molecule has 2 aliphatic heterocycles. The molecule has 2 saturated heterocycles. The van der Waals surface area contributed by atoms with Crippen molar-refractivity contribution in [3.8, 4) is 0 Å². The molecular formula is C8H14N4O2. The molecule has 0 aromatic heterocycles. The van der Waals surface area contributed by atoms with Gasteiger partial charge in [0, 0.05) is 13.1 Å². The summed E-state index contributed by atoms with van der Waals surface area (Å²) in [6.45, 7) is 1.23. The monoisotopic (exact) mass is 198 g/mol. The number of likely N-dealkylation sites (tertiary alicyclic amines) is 1. The standard InChI is InChI=1S/C8H14N4O2/c9-11-8(14)12-3-1-2-5-6(12)4-10-7(5)13/h5-6H,1-4,9H2,(H,10,13)(H,11,14). The first kappa shape index (κ1) is 9.26. The van der Waals surface area contributed by atoms with Crippen LogP contribution in [0.4, 0.5) is 4.79 Å². The molecule has 0 spiro atoms. The molecule has 0 saturated carbocycles. The zero-order valence-electron chi connectivity index (χ0n) is 7.82. The Bertz CT molecular complexity index is 268. The maximum atomic E-state index is 11.4. The van der Waals surface area contributed by atoms with Crippen LogP contribution in [-0.4, -0.2) is 36.0 Å². The number of nitrogens with two attached hydrogens (primary N) is 1. The van der Waals surface area contributed by atoms with E-state index < -0.39 is 0 Å². The van der Waals surface area contributed by atoms with Crippen LogP contribution in [-0.2, 0) is 4.79 Å². The molecule has 3 amide bonds. The summed E-state index contributed by atoms with van der Waals surface area (Å²) < 4.78 is 0. The zero-order valence-corrected chi connectivity index (χ0v) is 7.82. The van der Waals surface area contributed by atoms with Crippen LogP contribution in [0.2, 0.25) is 0 Å². The van der Waals surface area contributed by atoms with Crippen LogP contribution in [0.25, 0.3) is 0 Å². The van der Waals surface area contributed by atoms with Crippen molar-refractivity contribution < 1.29 is 9.59 Å². The van der Waals surface area contributed by atoms with Gasteiger partial charge in [-0.05, 0) is 12.8 Å². The molecule has 2 fully saturated rings. The van der Waals surface area contributed by atoms with Crippen LogP contribution < -0.4 is 16.6 Å². The van der Waals surface area contributed by atoms with E-state index in [1.54, 1.807) is 4.90 Å². The van der Waals surface area contributed by atoms with E-state index in [-0.39, 0.29) is 23.9 Å². The van der Waals surface area contributed by atoms with E-state index in [0.29, 0.717) is 13.1 Å². The van der Waals surface area contributed by atoms with Crippen molar-refractivity contribution in [1.82, 2.24) is 15.6 Å². The van der Waals surface area contributed by atoms with E-state index in [1.807, 2.05) is 0 Å². The fourth-order valence-electron chi connectivity index (χ4n) is 2.29. The van der Waals surface area contributed by atoms with Gasteiger partial charge in [0.1, 0.15) is 0 Å². The van der Waals surface area contributed by atoms with E-state index in [2.05, 4.69) is 10.7 Å². The van der Waals surface area contributed by atoms with E-state index in [0.717, 1.165) is 12.8 Å². The van der Waals surface area contributed by atoms with Crippen LogP contribution in [0.15, 0.2) is 0 Å². The van der Waals surface area contributed by atoms with E-state index >= 15 is 0 Å². The number of carbonyl (C=O) groups excluding carboxylic acids is 2. The molecule has 78 valence electrons. The van der Waals surface area contributed by atoms with Crippen molar-refractivity contribution >= 4 is 11.9 Å². The molecule has 0 bridgehead atoms. The summed E-state index contributed by atoms with van der Waals surface area (Å²) in [4.78, 5) is 24.4. The molecule has 2 heterocycles. The number of nitrogens with zero attached hydrogens (tertiary/aromatic N) is 1. The predicted octanol–water partition coefficient (Wildman–Crippen LogP) is -1.22.